The largest absolute Gasteiger partial charge is 0.465 e. The fourth-order valence-corrected chi connectivity index (χ4v) is 2.65. The number of ether oxygens (including phenoxy) is 2. The third-order valence-corrected chi connectivity index (χ3v) is 3.96. The molecule has 1 aliphatic rings. The number of Topliss-reactive ketones (excluding diaryl/α,β-unsaturated/α-hetero) is 1. The Balaban J connectivity index is 1.55. The molecule has 2 heterocycles. The van der Waals surface area contributed by atoms with E-state index in [1.54, 1.807) is 12.1 Å². The highest BCUT2D eigenvalue weighted by Crippen LogP contribution is 2.35. The number of hydrogen-bond acceptors (Lipinski definition) is 7. The second-order valence-corrected chi connectivity index (χ2v) is 5.81. The van der Waals surface area contributed by atoms with Crippen molar-refractivity contribution < 1.29 is 28.4 Å². The molecule has 0 bridgehead atoms. The number of carbonyl (C=O) groups is 2. The molecule has 0 radical (unpaired) electrons. The van der Waals surface area contributed by atoms with E-state index in [4.69, 9.17) is 13.9 Å². The molecule has 4 rings (SSSR count). The first-order chi connectivity index (χ1) is 13.5. The smallest absolute Gasteiger partial charge is 0.343 e. The van der Waals surface area contributed by atoms with E-state index < -0.39 is 10.9 Å². The van der Waals surface area contributed by atoms with Crippen molar-refractivity contribution in [3.63, 3.8) is 0 Å². The van der Waals surface area contributed by atoms with Crippen molar-refractivity contribution in [3.8, 4) is 11.5 Å². The van der Waals surface area contributed by atoms with Gasteiger partial charge >= 0.3 is 5.97 Å². The minimum atomic E-state index is -0.765. The molecule has 1 aliphatic heterocycles. The standard InChI is InChI=1S/C20H11NO7/c22-19-16-7-6-15(11-17(16)28-18(19)10-14-5-2-8-26-14)27-20(23)12-3-1-4-13(9-12)21(24)25/h1-11H/b18-10+. The molecule has 0 aliphatic carbocycles. The molecule has 0 saturated carbocycles. The molecule has 8 nitrogen and oxygen atoms in total. The number of non-ortho nitro benzene ring substituents is 1. The molecule has 28 heavy (non-hydrogen) atoms. The fraction of sp³-hybridized carbons (Fsp3) is 0. The van der Waals surface area contributed by atoms with Gasteiger partial charge in [-0.1, -0.05) is 6.07 Å². The summed E-state index contributed by atoms with van der Waals surface area (Å²) in [4.78, 5) is 34.9. The lowest BCUT2D eigenvalue weighted by atomic mass is 10.1. The number of rotatable bonds is 4. The van der Waals surface area contributed by atoms with Crippen molar-refractivity contribution in [3.05, 3.63) is 93.6 Å². The number of allylic oxidation sites excluding steroid dienone is 1. The summed E-state index contributed by atoms with van der Waals surface area (Å²) in [5, 5.41) is 10.8. The van der Waals surface area contributed by atoms with Crippen LogP contribution in [0.5, 0.6) is 11.5 Å². The first kappa shape index (κ1) is 17.2. The second-order valence-electron chi connectivity index (χ2n) is 5.81. The van der Waals surface area contributed by atoms with Gasteiger partial charge in [0, 0.05) is 24.3 Å². The minimum Gasteiger partial charge on any atom is -0.465 e. The third-order valence-electron chi connectivity index (χ3n) is 3.96. The molecule has 138 valence electrons. The monoisotopic (exact) mass is 377 g/mol. The van der Waals surface area contributed by atoms with Crippen LogP contribution in [-0.4, -0.2) is 16.7 Å². The van der Waals surface area contributed by atoms with Gasteiger partial charge in [0.15, 0.2) is 5.76 Å². The first-order valence-corrected chi connectivity index (χ1v) is 8.10. The van der Waals surface area contributed by atoms with Crippen LogP contribution in [0.2, 0.25) is 0 Å². The number of carbonyl (C=O) groups excluding carboxylic acids is 2. The maximum absolute atomic E-state index is 12.4. The number of esters is 1. The van der Waals surface area contributed by atoms with Gasteiger partial charge in [-0.15, -0.1) is 0 Å². The van der Waals surface area contributed by atoms with E-state index in [1.807, 2.05) is 0 Å². The van der Waals surface area contributed by atoms with Gasteiger partial charge in [-0.3, -0.25) is 14.9 Å². The summed E-state index contributed by atoms with van der Waals surface area (Å²) in [5.74, 6) is -0.141. The Kier molecular flexibility index (Phi) is 4.21. The summed E-state index contributed by atoms with van der Waals surface area (Å²) in [5.41, 5.74) is 0.142. The highest BCUT2D eigenvalue weighted by Gasteiger charge is 2.28. The van der Waals surface area contributed by atoms with E-state index in [0.717, 1.165) is 6.07 Å². The van der Waals surface area contributed by atoms with Gasteiger partial charge in [0.25, 0.3) is 5.69 Å². The van der Waals surface area contributed by atoms with Crippen LogP contribution in [0.1, 0.15) is 26.5 Å². The maximum atomic E-state index is 12.4. The Morgan fingerprint density at radius 3 is 2.71 bits per heavy atom. The van der Waals surface area contributed by atoms with Crippen molar-refractivity contribution in [1.29, 1.82) is 0 Å². The summed E-state index contributed by atoms with van der Waals surface area (Å²) in [6.45, 7) is 0. The summed E-state index contributed by atoms with van der Waals surface area (Å²) in [6.07, 6.45) is 2.95. The summed E-state index contributed by atoms with van der Waals surface area (Å²) in [7, 11) is 0. The zero-order chi connectivity index (χ0) is 19.7. The molecule has 0 atom stereocenters. The predicted molar refractivity (Wildman–Crippen MR) is 96.1 cm³/mol. The molecular weight excluding hydrogens is 366 g/mol. The van der Waals surface area contributed by atoms with Crippen molar-refractivity contribution in [2.75, 3.05) is 0 Å². The molecule has 0 N–H and O–H groups in total. The SMILES string of the molecule is O=C(Oc1ccc2c(c1)O/C(=C/c1ccco1)C2=O)c1cccc([N+](=O)[O-])c1. The van der Waals surface area contributed by atoms with Crippen LogP contribution in [0.25, 0.3) is 6.08 Å². The van der Waals surface area contributed by atoms with Gasteiger partial charge in [0.05, 0.1) is 22.3 Å². The first-order valence-electron chi connectivity index (χ1n) is 8.10. The number of benzene rings is 2. The van der Waals surface area contributed by atoms with E-state index in [9.17, 15) is 19.7 Å². The van der Waals surface area contributed by atoms with Crippen LogP contribution in [0, 0.1) is 10.1 Å². The Morgan fingerprint density at radius 2 is 1.96 bits per heavy atom. The summed E-state index contributed by atoms with van der Waals surface area (Å²) >= 11 is 0. The number of nitro benzene ring substituents is 1. The average molecular weight is 377 g/mol. The molecule has 0 fully saturated rings. The van der Waals surface area contributed by atoms with Crippen LogP contribution < -0.4 is 9.47 Å². The van der Waals surface area contributed by atoms with Gasteiger partial charge in [0.2, 0.25) is 5.78 Å². The highest BCUT2D eigenvalue weighted by atomic mass is 16.6. The molecule has 0 spiro atoms. The molecule has 8 heteroatoms. The maximum Gasteiger partial charge on any atom is 0.343 e. The van der Waals surface area contributed by atoms with Gasteiger partial charge in [-0.05, 0) is 30.3 Å². The quantitative estimate of drug-likeness (QED) is 0.222. The number of ketones is 1. The Labute approximate surface area is 157 Å². The zero-order valence-corrected chi connectivity index (χ0v) is 14.2. The topological polar surface area (TPSA) is 109 Å². The Bertz CT molecular complexity index is 1130. The lowest BCUT2D eigenvalue weighted by Crippen LogP contribution is -2.08. The van der Waals surface area contributed by atoms with Crippen LogP contribution in [0.15, 0.2) is 71.0 Å². The van der Waals surface area contributed by atoms with Crippen LogP contribution in [-0.2, 0) is 0 Å². The van der Waals surface area contributed by atoms with E-state index in [0.29, 0.717) is 11.3 Å². The van der Waals surface area contributed by atoms with E-state index >= 15 is 0 Å². The molecule has 0 amide bonds. The van der Waals surface area contributed by atoms with Gasteiger partial charge in [-0.2, -0.15) is 0 Å². The molecule has 0 saturated heterocycles. The van der Waals surface area contributed by atoms with Gasteiger partial charge < -0.3 is 13.9 Å². The molecule has 2 aromatic carbocycles. The molecule has 3 aromatic rings. The van der Waals surface area contributed by atoms with E-state index in [2.05, 4.69) is 0 Å². The zero-order valence-electron chi connectivity index (χ0n) is 14.2. The van der Waals surface area contributed by atoms with Crippen molar-refractivity contribution >= 4 is 23.5 Å². The Hall–Kier alpha value is -4.20. The van der Waals surface area contributed by atoms with Crippen molar-refractivity contribution in [2.24, 2.45) is 0 Å². The number of furan rings is 1. The molecular formula is C20H11NO7. The lowest BCUT2D eigenvalue weighted by Gasteiger charge is -2.05. The molecule has 1 aromatic heterocycles. The van der Waals surface area contributed by atoms with Crippen LogP contribution in [0.4, 0.5) is 5.69 Å². The summed E-state index contributed by atoms with van der Waals surface area (Å²) < 4.78 is 16.0. The van der Waals surface area contributed by atoms with Gasteiger partial charge in [0.1, 0.15) is 17.3 Å². The van der Waals surface area contributed by atoms with Crippen LogP contribution >= 0.6 is 0 Å². The second kappa shape index (κ2) is 6.84. The van der Waals surface area contributed by atoms with E-state index in [1.165, 1.54) is 48.7 Å². The Morgan fingerprint density at radius 1 is 1.11 bits per heavy atom. The summed E-state index contributed by atoms with van der Waals surface area (Å²) in [6, 6.07) is 12.9. The average Bonchev–Trinajstić information content (AvgIpc) is 3.30. The number of hydrogen-bond donors (Lipinski definition) is 0. The van der Waals surface area contributed by atoms with Crippen LogP contribution in [0.3, 0.4) is 0 Å². The number of fused-ring (bicyclic) bond motifs is 1. The fourth-order valence-electron chi connectivity index (χ4n) is 2.65. The molecule has 0 unspecified atom stereocenters. The number of nitrogens with zero attached hydrogens (tertiary/aromatic N) is 1. The van der Waals surface area contributed by atoms with Crippen molar-refractivity contribution in [2.45, 2.75) is 0 Å². The van der Waals surface area contributed by atoms with Crippen molar-refractivity contribution in [1.82, 2.24) is 0 Å². The predicted octanol–water partition coefficient (Wildman–Crippen LogP) is 4.02. The minimum absolute atomic E-state index is 0.0325. The van der Waals surface area contributed by atoms with Gasteiger partial charge in [-0.25, -0.2) is 4.79 Å². The number of nitro groups is 1. The highest BCUT2D eigenvalue weighted by molar-refractivity contribution is 6.14. The van der Waals surface area contributed by atoms with E-state index in [-0.39, 0.29) is 34.3 Å². The normalized spacial score (nSPS) is 13.9. The third kappa shape index (κ3) is 3.26. The lowest BCUT2D eigenvalue weighted by molar-refractivity contribution is -0.384.